The van der Waals surface area contributed by atoms with Crippen LogP contribution in [0.3, 0.4) is 0 Å². The molecule has 0 saturated heterocycles. The maximum atomic E-state index is 13.3. The van der Waals surface area contributed by atoms with Gasteiger partial charge in [-0.1, -0.05) is 128 Å². The number of carbonyl (C=O) groups excluding carboxylic acids is 3. The number of benzene rings is 6. The van der Waals surface area contributed by atoms with E-state index in [1.54, 1.807) is 0 Å². The smallest absolute Gasteiger partial charge is 0.338 e. The number of hydrogen-bond acceptors (Lipinski definition) is 9. The van der Waals surface area contributed by atoms with Crippen LogP contribution in [0.25, 0.3) is 33.4 Å². The van der Waals surface area contributed by atoms with E-state index in [4.69, 9.17) is 28.5 Å². The molecule has 0 amide bonds. The maximum absolute atomic E-state index is 13.3. The third kappa shape index (κ3) is 16.0. The number of halogens is 4. The molecule has 8 rings (SSSR count). The minimum absolute atomic E-state index is 0. The van der Waals surface area contributed by atoms with Crippen molar-refractivity contribution in [2.24, 2.45) is 0 Å². The van der Waals surface area contributed by atoms with Crippen LogP contribution in [-0.4, -0.2) is 57.3 Å². The first-order valence-electron chi connectivity index (χ1n) is 27.2. The third-order valence-electron chi connectivity index (χ3n) is 13.9. The van der Waals surface area contributed by atoms with Gasteiger partial charge in [0.05, 0.1) is 40.6 Å². The minimum Gasteiger partial charge on any atom is -0.550 e. The largest absolute Gasteiger partial charge is 0.550 e. The van der Waals surface area contributed by atoms with Crippen molar-refractivity contribution >= 4 is 98.3 Å². The first-order valence-corrected chi connectivity index (χ1v) is 30.4. The Morgan fingerprint density at radius 1 is 0.608 bits per heavy atom. The van der Waals surface area contributed by atoms with Gasteiger partial charge in [0.15, 0.2) is 0 Å². The van der Waals surface area contributed by atoms with Crippen molar-refractivity contribution in [1.29, 1.82) is 0 Å². The molecule has 422 valence electrons. The molecule has 0 spiro atoms. The van der Waals surface area contributed by atoms with Crippen LogP contribution in [0.4, 0.5) is 5.69 Å². The van der Waals surface area contributed by atoms with Gasteiger partial charge in [-0.25, -0.2) is 14.2 Å². The Labute approximate surface area is 501 Å². The average Bonchev–Trinajstić information content (AvgIpc) is 3.57. The Morgan fingerprint density at radius 3 is 1.73 bits per heavy atom. The predicted molar refractivity (Wildman–Crippen MR) is 335 cm³/mol. The van der Waals surface area contributed by atoms with Gasteiger partial charge in [-0.05, 0) is 164 Å². The SMILES string of the molecule is C.CC(=O)[O-].CCCCCCOC(=O)c1ccccc1-c1c2cc(Br)c(=[N+](CC)CC)cc-2oc2cc(C)c(Br)cc12.CCCCCCOC(=O)c1ccccc1C1c2cc(Br)c(C)cc2Oc2cc(N(CC)CC)c(Br)cc21. The lowest BCUT2D eigenvalue weighted by atomic mass is 9.80. The first kappa shape index (κ1) is 64.5. The van der Waals surface area contributed by atoms with Crippen LogP contribution < -0.4 is 24.7 Å². The summed E-state index contributed by atoms with van der Waals surface area (Å²) < 4.78 is 30.8. The van der Waals surface area contributed by atoms with Crippen molar-refractivity contribution in [1.82, 2.24) is 4.58 Å². The molecule has 1 unspecified atom stereocenters. The number of aryl methyl sites for hydroxylation is 2. The van der Waals surface area contributed by atoms with Crippen LogP contribution >= 0.6 is 63.7 Å². The normalized spacial score (nSPS) is 12.1. The molecule has 1 aliphatic carbocycles. The molecule has 2 heterocycles. The van der Waals surface area contributed by atoms with Crippen molar-refractivity contribution in [3.63, 3.8) is 0 Å². The molecular formula is C65H76Br4N2O8. The van der Waals surface area contributed by atoms with E-state index in [2.05, 4.69) is 177 Å². The molecule has 3 aliphatic rings. The molecule has 0 bridgehead atoms. The minimum atomic E-state index is -1.08. The first-order chi connectivity index (χ1) is 37.5. The Morgan fingerprint density at radius 2 is 1.14 bits per heavy atom. The van der Waals surface area contributed by atoms with E-state index in [1.165, 1.54) is 0 Å². The standard InChI is InChI=1S/C31H35Br2NO3.C31H34Br2NO3.C2H4O2.CH4/c2*1-5-8-9-12-15-36-31(35)22-14-11-10-13-21(22)30-23-17-25(32)20(4)16-28(23)37-29-19-27(34(6-2)7-3)26(33)18-24(29)30;1-2(3)4;/h10-11,13-14,16-19,30H,5-9,12,15H2,1-4H3;10-11,13-14,16-19H,5-9,12,15H2,1-4H3;1H3,(H,3,4);1H4/q;+1;;/p-1. The lowest BCUT2D eigenvalue weighted by Gasteiger charge is -2.32. The summed E-state index contributed by atoms with van der Waals surface area (Å²) >= 11 is 15.1. The van der Waals surface area contributed by atoms with Crippen LogP contribution in [0.15, 0.2) is 119 Å². The van der Waals surface area contributed by atoms with E-state index in [0.717, 1.165) is 186 Å². The summed E-state index contributed by atoms with van der Waals surface area (Å²) in [5.41, 5.74) is 10.9. The second kappa shape index (κ2) is 31.1. The molecule has 5 aromatic rings. The summed E-state index contributed by atoms with van der Waals surface area (Å²) in [5, 5.41) is 10.9. The van der Waals surface area contributed by atoms with Gasteiger partial charge >= 0.3 is 11.9 Å². The number of esters is 2. The highest BCUT2D eigenvalue weighted by Gasteiger charge is 2.34. The van der Waals surface area contributed by atoms with Crippen molar-refractivity contribution in [2.45, 2.75) is 127 Å². The van der Waals surface area contributed by atoms with Crippen molar-refractivity contribution in [3.05, 3.63) is 159 Å². The van der Waals surface area contributed by atoms with E-state index in [0.29, 0.717) is 24.3 Å². The van der Waals surface area contributed by atoms with Crippen LogP contribution in [0.5, 0.6) is 11.5 Å². The predicted octanol–water partition coefficient (Wildman–Crippen LogP) is 17.4. The highest BCUT2D eigenvalue weighted by Crippen LogP contribution is 2.52. The number of anilines is 1. The van der Waals surface area contributed by atoms with Gasteiger partial charge in [-0.2, -0.15) is 0 Å². The van der Waals surface area contributed by atoms with Crippen LogP contribution in [0, 0.1) is 13.8 Å². The van der Waals surface area contributed by atoms with Crippen molar-refractivity contribution in [2.75, 3.05) is 44.3 Å². The fraction of sp³-hybridized carbons (Fsp3) is 0.385. The highest BCUT2D eigenvalue weighted by atomic mass is 79.9. The van der Waals surface area contributed by atoms with Crippen molar-refractivity contribution in [3.8, 4) is 33.9 Å². The van der Waals surface area contributed by atoms with E-state index < -0.39 is 5.97 Å². The fourth-order valence-electron chi connectivity index (χ4n) is 9.76. The molecule has 1 atom stereocenters. The Hall–Kier alpha value is -5.28. The van der Waals surface area contributed by atoms with E-state index in [1.807, 2.05) is 48.5 Å². The second-order valence-electron chi connectivity index (χ2n) is 19.3. The number of carboxylic acids is 1. The molecule has 14 heteroatoms. The molecule has 0 fully saturated rings. The number of hydrogen-bond donors (Lipinski definition) is 0. The van der Waals surface area contributed by atoms with E-state index >= 15 is 0 Å². The molecule has 0 radical (unpaired) electrons. The third-order valence-corrected chi connectivity index (χ3v) is 16.8. The summed E-state index contributed by atoms with van der Waals surface area (Å²) in [6.07, 6.45) is 8.51. The van der Waals surface area contributed by atoms with Crippen molar-refractivity contribution < 1.29 is 38.1 Å². The number of carbonyl (C=O) groups is 3. The number of fused-ring (bicyclic) bond motifs is 4. The zero-order valence-electron chi connectivity index (χ0n) is 46.4. The average molecular weight is 1330 g/mol. The molecule has 0 saturated carbocycles. The number of nitrogens with zero attached hydrogens (tertiary/aromatic N) is 2. The maximum Gasteiger partial charge on any atom is 0.338 e. The molecule has 2 aliphatic heterocycles. The Kier molecular flexibility index (Phi) is 25.4. The van der Waals surface area contributed by atoms with Gasteiger partial charge < -0.3 is 33.4 Å². The molecule has 5 aromatic carbocycles. The summed E-state index contributed by atoms with van der Waals surface area (Å²) in [5.74, 6) is 0.574. The monoisotopic (exact) mass is 1330 g/mol. The van der Waals surface area contributed by atoms with Gasteiger partial charge in [-0.15, -0.1) is 0 Å². The zero-order chi connectivity index (χ0) is 56.6. The topological polar surface area (TPSA) is 121 Å². The number of ether oxygens (including phenoxy) is 3. The zero-order valence-corrected chi connectivity index (χ0v) is 52.7. The summed E-state index contributed by atoms with van der Waals surface area (Å²) in [7, 11) is 0. The van der Waals surface area contributed by atoms with Crippen LogP contribution in [-0.2, 0) is 14.3 Å². The molecule has 0 aromatic heterocycles. The van der Waals surface area contributed by atoms with Gasteiger partial charge in [0.25, 0.3) is 0 Å². The molecule has 10 nitrogen and oxygen atoms in total. The lowest BCUT2D eigenvalue weighted by molar-refractivity contribution is -0.302. The summed E-state index contributed by atoms with van der Waals surface area (Å²) in [6.45, 7) is 22.5. The molecule has 79 heavy (non-hydrogen) atoms. The van der Waals surface area contributed by atoms with E-state index in [-0.39, 0.29) is 25.3 Å². The second-order valence-corrected chi connectivity index (χ2v) is 22.7. The van der Waals surface area contributed by atoms with Crippen LogP contribution in [0.2, 0.25) is 0 Å². The van der Waals surface area contributed by atoms with Gasteiger partial charge in [0, 0.05) is 72.1 Å². The van der Waals surface area contributed by atoms with Gasteiger partial charge in [0.1, 0.15) is 35.9 Å². The van der Waals surface area contributed by atoms with E-state index in [9.17, 15) is 9.59 Å². The lowest BCUT2D eigenvalue weighted by Crippen LogP contribution is -2.30. The van der Waals surface area contributed by atoms with Crippen LogP contribution in [0.1, 0.15) is 162 Å². The summed E-state index contributed by atoms with van der Waals surface area (Å²) in [4.78, 5) is 37.8. The summed E-state index contributed by atoms with van der Waals surface area (Å²) in [6, 6.07) is 32.3. The van der Waals surface area contributed by atoms with Gasteiger partial charge in [0.2, 0.25) is 5.36 Å². The number of unbranched alkanes of at least 4 members (excludes halogenated alkanes) is 6. The number of rotatable bonds is 19. The molecular weight excluding hydrogens is 1260 g/mol. The number of carboxylic acid groups (broad SMARTS) is 1. The van der Waals surface area contributed by atoms with Gasteiger partial charge in [-0.3, -0.25) is 0 Å². The Bertz CT molecular complexity index is 3260. The highest BCUT2D eigenvalue weighted by molar-refractivity contribution is 9.11. The quantitative estimate of drug-likeness (QED) is 0.0337. The molecule has 0 N–H and O–H groups in total. The number of aliphatic carboxylic acids is 1. The fourth-order valence-corrected chi connectivity index (χ4v) is 11.7. The Balaban J connectivity index is 0.000000269.